The number of amides is 1. The van der Waals surface area contributed by atoms with Crippen molar-refractivity contribution in [2.75, 3.05) is 33.2 Å². The number of nitrogens with one attached hydrogen (secondary N) is 1. The molecule has 0 aliphatic carbocycles. The summed E-state index contributed by atoms with van der Waals surface area (Å²) in [5.41, 5.74) is 2.67. The molecule has 186 valence electrons. The van der Waals surface area contributed by atoms with E-state index < -0.39 is 10.0 Å². The van der Waals surface area contributed by atoms with Crippen molar-refractivity contribution < 1.29 is 17.6 Å². The number of hydrogen-bond acceptors (Lipinski definition) is 5. The van der Waals surface area contributed by atoms with Crippen LogP contribution in [0.4, 0.5) is 4.39 Å². The first-order valence-corrected chi connectivity index (χ1v) is 13.1. The number of benzene rings is 3. The Morgan fingerprint density at radius 1 is 0.972 bits per heavy atom. The summed E-state index contributed by atoms with van der Waals surface area (Å²) in [5, 5.41) is 7.96. The molecule has 3 aromatic carbocycles. The Bertz CT molecular complexity index is 1490. The zero-order valence-corrected chi connectivity index (χ0v) is 20.6. The van der Waals surface area contributed by atoms with Gasteiger partial charge in [-0.3, -0.25) is 4.79 Å². The molecule has 36 heavy (non-hydrogen) atoms. The molecule has 0 saturated carbocycles. The second-order valence-electron chi connectivity index (χ2n) is 8.81. The molecule has 0 atom stereocenters. The van der Waals surface area contributed by atoms with E-state index in [4.69, 9.17) is 0 Å². The van der Waals surface area contributed by atoms with E-state index in [1.165, 1.54) is 16.4 Å². The van der Waals surface area contributed by atoms with E-state index in [0.29, 0.717) is 42.8 Å². The van der Waals surface area contributed by atoms with Gasteiger partial charge in [-0.05, 0) is 61.1 Å². The first-order valence-electron chi connectivity index (χ1n) is 11.6. The van der Waals surface area contributed by atoms with Crippen LogP contribution in [0.15, 0.2) is 77.8 Å². The third-order valence-electron chi connectivity index (χ3n) is 6.41. The molecular weight excluding hydrogens is 481 g/mol. The molecule has 1 aliphatic heterocycles. The fraction of sp³-hybridized carbons (Fsp3) is 0.231. The highest BCUT2D eigenvalue weighted by molar-refractivity contribution is 7.89. The summed E-state index contributed by atoms with van der Waals surface area (Å²) in [4.78, 5) is 15.3. The number of fused-ring (bicyclic) bond motifs is 1. The molecule has 1 N–H and O–H groups in total. The van der Waals surface area contributed by atoms with Crippen LogP contribution in [0.1, 0.15) is 15.9 Å². The number of aromatic nitrogens is 2. The molecular formula is C26H26FN5O3S. The van der Waals surface area contributed by atoms with Crippen molar-refractivity contribution in [1.29, 1.82) is 0 Å². The third-order valence-corrected chi connectivity index (χ3v) is 8.32. The van der Waals surface area contributed by atoms with Crippen LogP contribution in [-0.2, 0) is 16.6 Å². The van der Waals surface area contributed by atoms with Gasteiger partial charge in [0.15, 0.2) is 0 Å². The van der Waals surface area contributed by atoms with Crippen LogP contribution in [0.5, 0.6) is 0 Å². The van der Waals surface area contributed by atoms with E-state index in [9.17, 15) is 17.6 Å². The number of likely N-dealkylation sites (N-methyl/N-ethyl adjacent to an activating group) is 1. The van der Waals surface area contributed by atoms with Crippen molar-refractivity contribution >= 4 is 26.8 Å². The van der Waals surface area contributed by atoms with Gasteiger partial charge < -0.3 is 10.2 Å². The predicted octanol–water partition coefficient (Wildman–Crippen LogP) is 3.03. The lowest BCUT2D eigenvalue weighted by Crippen LogP contribution is -2.47. The minimum atomic E-state index is -3.53. The van der Waals surface area contributed by atoms with Crippen LogP contribution in [-0.4, -0.2) is 66.5 Å². The summed E-state index contributed by atoms with van der Waals surface area (Å²) in [5.74, 6) is -0.603. The zero-order chi connectivity index (χ0) is 25.3. The van der Waals surface area contributed by atoms with E-state index in [-0.39, 0.29) is 23.2 Å². The van der Waals surface area contributed by atoms with Gasteiger partial charge in [-0.2, -0.15) is 9.40 Å². The van der Waals surface area contributed by atoms with Gasteiger partial charge in [0.05, 0.1) is 27.9 Å². The van der Waals surface area contributed by atoms with Crippen LogP contribution >= 0.6 is 0 Å². The lowest BCUT2D eigenvalue weighted by Gasteiger charge is -2.31. The third kappa shape index (κ3) is 4.75. The van der Waals surface area contributed by atoms with Gasteiger partial charge in [0.1, 0.15) is 5.82 Å². The molecule has 4 aromatic rings. The first-order chi connectivity index (χ1) is 17.3. The van der Waals surface area contributed by atoms with E-state index in [1.807, 2.05) is 13.1 Å². The number of piperazine rings is 1. The molecule has 8 nitrogen and oxygen atoms in total. The van der Waals surface area contributed by atoms with E-state index >= 15 is 0 Å². The van der Waals surface area contributed by atoms with Crippen molar-refractivity contribution in [2.24, 2.45) is 0 Å². The van der Waals surface area contributed by atoms with E-state index in [0.717, 1.165) is 11.1 Å². The summed E-state index contributed by atoms with van der Waals surface area (Å²) in [6.45, 7) is 2.60. The average molecular weight is 508 g/mol. The Labute approximate surface area is 209 Å². The van der Waals surface area contributed by atoms with Crippen LogP contribution in [0.3, 0.4) is 0 Å². The maximum atomic E-state index is 13.3. The van der Waals surface area contributed by atoms with E-state index in [2.05, 4.69) is 15.3 Å². The first kappa shape index (κ1) is 24.1. The highest BCUT2D eigenvalue weighted by Gasteiger charge is 2.27. The molecule has 1 aliphatic rings. The number of sulfonamides is 1. The van der Waals surface area contributed by atoms with Gasteiger partial charge in [-0.25, -0.2) is 17.5 Å². The molecule has 1 aromatic heterocycles. The highest BCUT2D eigenvalue weighted by atomic mass is 32.2. The lowest BCUT2D eigenvalue weighted by molar-refractivity contribution is 0.0952. The van der Waals surface area contributed by atoms with Gasteiger partial charge in [0.2, 0.25) is 10.0 Å². The molecule has 10 heteroatoms. The minimum absolute atomic E-state index is 0.246. The van der Waals surface area contributed by atoms with Crippen molar-refractivity contribution in [3.8, 4) is 5.69 Å². The molecule has 0 unspecified atom stereocenters. The van der Waals surface area contributed by atoms with Crippen molar-refractivity contribution in [2.45, 2.75) is 11.4 Å². The number of rotatable bonds is 6. The highest BCUT2D eigenvalue weighted by Crippen LogP contribution is 2.23. The topological polar surface area (TPSA) is 87.5 Å². The van der Waals surface area contributed by atoms with Gasteiger partial charge in [0.25, 0.3) is 5.91 Å². The number of halogens is 1. The van der Waals surface area contributed by atoms with Crippen LogP contribution in [0.2, 0.25) is 0 Å². The van der Waals surface area contributed by atoms with Gasteiger partial charge in [0, 0.05) is 38.1 Å². The standard InChI is InChI=1S/C26H26FN5O3S/c1-30-13-15-31(16-14-30)36(34,35)22-11-5-19(6-12-22)17-28-26(33)23-3-2-4-25-24(23)18-29-32(25)21-9-7-20(27)8-10-21/h2-12,18H,13-17H2,1H3,(H,28,33). The second-order valence-corrected chi connectivity index (χ2v) is 10.7. The smallest absolute Gasteiger partial charge is 0.252 e. The predicted molar refractivity (Wildman–Crippen MR) is 135 cm³/mol. The maximum absolute atomic E-state index is 13.3. The van der Waals surface area contributed by atoms with E-state index in [1.54, 1.807) is 59.4 Å². The number of nitrogens with zero attached hydrogens (tertiary/aromatic N) is 4. The number of carbonyl (C=O) groups excluding carboxylic acids is 1. The molecule has 0 radical (unpaired) electrons. The molecule has 2 heterocycles. The average Bonchev–Trinajstić information content (AvgIpc) is 3.32. The number of hydrogen-bond donors (Lipinski definition) is 1. The zero-order valence-electron chi connectivity index (χ0n) is 19.8. The fourth-order valence-electron chi connectivity index (χ4n) is 4.27. The molecule has 1 amide bonds. The molecule has 5 rings (SSSR count). The van der Waals surface area contributed by atoms with Crippen molar-refractivity contribution in [1.82, 2.24) is 24.3 Å². The summed E-state index contributed by atoms with van der Waals surface area (Å²) in [7, 11) is -1.56. The Balaban J connectivity index is 1.28. The Morgan fingerprint density at radius 3 is 2.36 bits per heavy atom. The normalized spacial score (nSPS) is 15.3. The van der Waals surface area contributed by atoms with Crippen LogP contribution in [0, 0.1) is 5.82 Å². The minimum Gasteiger partial charge on any atom is -0.348 e. The largest absolute Gasteiger partial charge is 0.348 e. The monoisotopic (exact) mass is 507 g/mol. The summed E-state index contributed by atoms with van der Waals surface area (Å²) in [6, 6.07) is 17.9. The number of carbonyl (C=O) groups is 1. The Hall–Kier alpha value is -3.60. The van der Waals surface area contributed by atoms with Gasteiger partial charge >= 0.3 is 0 Å². The molecule has 0 bridgehead atoms. The van der Waals surface area contributed by atoms with Crippen molar-refractivity contribution in [3.63, 3.8) is 0 Å². The second kappa shape index (κ2) is 9.81. The quantitative estimate of drug-likeness (QED) is 0.434. The van der Waals surface area contributed by atoms with Gasteiger partial charge in [-0.15, -0.1) is 0 Å². The Kier molecular flexibility index (Phi) is 6.57. The molecule has 1 saturated heterocycles. The summed E-state index contributed by atoms with van der Waals surface area (Å²) in [6.07, 6.45) is 1.62. The summed E-state index contributed by atoms with van der Waals surface area (Å²) < 4.78 is 42.3. The lowest BCUT2D eigenvalue weighted by atomic mass is 10.1. The van der Waals surface area contributed by atoms with Crippen LogP contribution in [0.25, 0.3) is 16.6 Å². The Morgan fingerprint density at radius 2 is 1.67 bits per heavy atom. The maximum Gasteiger partial charge on any atom is 0.252 e. The SMILES string of the molecule is CN1CCN(S(=O)(=O)c2ccc(CNC(=O)c3cccc4c3cnn4-c3ccc(F)cc3)cc2)CC1. The molecule has 0 spiro atoms. The van der Waals surface area contributed by atoms with Gasteiger partial charge in [-0.1, -0.05) is 18.2 Å². The molecule has 1 fully saturated rings. The van der Waals surface area contributed by atoms with Crippen molar-refractivity contribution in [3.05, 3.63) is 89.9 Å². The van der Waals surface area contributed by atoms with Crippen LogP contribution < -0.4 is 5.32 Å². The summed E-state index contributed by atoms with van der Waals surface area (Å²) >= 11 is 0. The fourth-order valence-corrected chi connectivity index (χ4v) is 5.69.